The Hall–Kier alpha value is -2.68. The predicted molar refractivity (Wildman–Crippen MR) is 92.5 cm³/mol. The molecule has 0 saturated heterocycles. The van der Waals surface area contributed by atoms with E-state index in [1.807, 2.05) is 68.4 Å². The first-order chi connectivity index (χ1) is 11.2. The van der Waals surface area contributed by atoms with Crippen LogP contribution in [0.3, 0.4) is 0 Å². The summed E-state index contributed by atoms with van der Waals surface area (Å²) in [7, 11) is 0. The highest BCUT2D eigenvalue weighted by molar-refractivity contribution is 5.87. The van der Waals surface area contributed by atoms with E-state index < -0.39 is 0 Å². The zero-order valence-electron chi connectivity index (χ0n) is 13.4. The molecule has 0 bridgehead atoms. The van der Waals surface area contributed by atoms with Gasteiger partial charge in [-0.25, -0.2) is 4.98 Å². The van der Waals surface area contributed by atoms with Crippen LogP contribution in [-0.2, 0) is 4.79 Å². The molecule has 0 aliphatic carbocycles. The van der Waals surface area contributed by atoms with E-state index in [0.717, 1.165) is 28.5 Å². The Labute approximate surface area is 135 Å². The molecule has 0 unspecified atom stereocenters. The third kappa shape index (κ3) is 3.39. The maximum atomic E-state index is 11.9. The summed E-state index contributed by atoms with van der Waals surface area (Å²) in [4.78, 5) is 16.7. The number of hydrogen-bond donors (Lipinski definition) is 0. The van der Waals surface area contributed by atoms with Crippen molar-refractivity contribution in [2.45, 2.75) is 26.7 Å². The Morgan fingerprint density at radius 2 is 1.87 bits per heavy atom. The van der Waals surface area contributed by atoms with Gasteiger partial charge >= 0.3 is 5.97 Å². The van der Waals surface area contributed by atoms with Gasteiger partial charge in [0.05, 0.1) is 5.52 Å². The highest BCUT2D eigenvalue weighted by atomic mass is 16.5. The number of benzene rings is 2. The number of aromatic nitrogens is 1. The van der Waals surface area contributed by atoms with Crippen LogP contribution >= 0.6 is 0 Å². The molecule has 3 rings (SSSR count). The van der Waals surface area contributed by atoms with Gasteiger partial charge in [0.15, 0.2) is 5.75 Å². The quantitative estimate of drug-likeness (QED) is 0.642. The maximum Gasteiger partial charge on any atom is 0.311 e. The van der Waals surface area contributed by atoms with Gasteiger partial charge in [0.2, 0.25) is 0 Å². The lowest BCUT2D eigenvalue weighted by Gasteiger charge is -2.11. The standard InChI is InChI=1S/C20H19NO2/c1-3-7-19(22)23-18-13-16-12-14(2)10-11-17(16)21-20(18)15-8-5-4-6-9-15/h4-6,8-13H,3,7H2,1-2H3. The fraction of sp³-hybridized carbons (Fsp3) is 0.200. The zero-order chi connectivity index (χ0) is 16.2. The summed E-state index contributed by atoms with van der Waals surface area (Å²) < 4.78 is 5.59. The number of carbonyl (C=O) groups is 1. The molecule has 0 N–H and O–H groups in total. The lowest BCUT2D eigenvalue weighted by molar-refractivity contribution is -0.134. The van der Waals surface area contributed by atoms with Gasteiger partial charge in [0.1, 0.15) is 5.69 Å². The maximum absolute atomic E-state index is 11.9. The molecule has 1 aromatic heterocycles. The minimum atomic E-state index is -0.224. The molecule has 3 heteroatoms. The minimum absolute atomic E-state index is 0.224. The Balaban J connectivity index is 2.14. The Morgan fingerprint density at radius 1 is 1.09 bits per heavy atom. The van der Waals surface area contributed by atoms with Crippen LogP contribution < -0.4 is 4.74 Å². The second-order valence-electron chi connectivity index (χ2n) is 5.62. The number of fused-ring (bicyclic) bond motifs is 1. The molecule has 3 aromatic rings. The second-order valence-corrected chi connectivity index (χ2v) is 5.62. The van der Waals surface area contributed by atoms with E-state index in [2.05, 4.69) is 0 Å². The SMILES string of the molecule is CCCC(=O)Oc1cc2cc(C)ccc2nc1-c1ccccc1. The molecule has 0 saturated carbocycles. The number of esters is 1. The third-order valence-corrected chi connectivity index (χ3v) is 3.66. The molecular formula is C20H19NO2. The first-order valence-electron chi connectivity index (χ1n) is 7.85. The molecule has 3 nitrogen and oxygen atoms in total. The van der Waals surface area contributed by atoms with Crippen molar-refractivity contribution in [1.82, 2.24) is 4.98 Å². The second kappa shape index (κ2) is 6.61. The monoisotopic (exact) mass is 305 g/mol. The van der Waals surface area contributed by atoms with Gasteiger partial charge in [-0.05, 0) is 31.5 Å². The number of ether oxygens (including phenoxy) is 1. The number of carbonyl (C=O) groups excluding carboxylic acids is 1. The summed E-state index contributed by atoms with van der Waals surface area (Å²) in [6.07, 6.45) is 1.17. The molecule has 2 aromatic carbocycles. The summed E-state index contributed by atoms with van der Waals surface area (Å²) in [6.45, 7) is 3.99. The highest BCUT2D eigenvalue weighted by Gasteiger charge is 2.13. The van der Waals surface area contributed by atoms with Crippen molar-refractivity contribution >= 4 is 16.9 Å². The van der Waals surface area contributed by atoms with Gasteiger partial charge in [0, 0.05) is 17.4 Å². The fourth-order valence-corrected chi connectivity index (χ4v) is 2.53. The molecule has 0 spiro atoms. The van der Waals surface area contributed by atoms with E-state index in [9.17, 15) is 4.79 Å². The Bertz CT molecular complexity index is 841. The molecule has 0 aliphatic rings. The van der Waals surface area contributed by atoms with Crippen LogP contribution in [0.15, 0.2) is 54.6 Å². The fourth-order valence-electron chi connectivity index (χ4n) is 2.53. The van der Waals surface area contributed by atoms with Crippen LogP contribution in [0.2, 0.25) is 0 Å². The van der Waals surface area contributed by atoms with E-state index in [1.165, 1.54) is 0 Å². The molecule has 23 heavy (non-hydrogen) atoms. The predicted octanol–water partition coefficient (Wildman–Crippen LogP) is 4.92. The van der Waals surface area contributed by atoms with Crippen LogP contribution in [0, 0.1) is 6.92 Å². The molecular weight excluding hydrogens is 286 g/mol. The lowest BCUT2D eigenvalue weighted by Crippen LogP contribution is -2.08. The normalized spacial score (nSPS) is 10.7. The van der Waals surface area contributed by atoms with Crippen molar-refractivity contribution in [1.29, 1.82) is 0 Å². The van der Waals surface area contributed by atoms with Gasteiger partial charge in [-0.2, -0.15) is 0 Å². The number of pyridine rings is 1. The van der Waals surface area contributed by atoms with E-state index in [1.54, 1.807) is 0 Å². The lowest BCUT2D eigenvalue weighted by atomic mass is 10.1. The Kier molecular flexibility index (Phi) is 4.38. The van der Waals surface area contributed by atoms with Crippen molar-refractivity contribution in [3.05, 3.63) is 60.2 Å². The number of rotatable bonds is 4. The number of hydrogen-bond acceptors (Lipinski definition) is 3. The van der Waals surface area contributed by atoms with E-state index in [-0.39, 0.29) is 5.97 Å². The Morgan fingerprint density at radius 3 is 2.61 bits per heavy atom. The molecule has 0 atom stereocenters. The first kappa shape index (κ1) is 15.2. The van der Waals surface area contributed by atoms with Gasteiger partial charge in [-0.1, -0.05) is 48.9 Å². The number of aryl methyl sites for hydroxylation is 1. The summed E-state index contributed by atoms with van der Waals surface area (Å²) in [5, 5.41) is 0.976. The topological polar surface area (TPSA) is 39.2 Å². The first-order valence-corrected chi connectivity index (χ1v) is 7.85. The van der Waals surface area contributed by atoms with Crippen molar-refractivity contribution < 1.29 is 9.53 Å². The van der Waals surface area contributed by atoms with E-state index in [4.69, 9.17) is 9.72 Å². The van der Waals surface area contributed by atoms with E-state index >= 15 is 0 Å². The highest BCUT2D eigenvalue weighted by Crippen LogP contribution is 2.32. The molecule has 116 valence electrons. The molecule has 1 heterocycles. The van der Waals surface area contributed by atoms with Crippen LogP contribution in [0.1, 0.15) is 25.3 Å². The van der Waals surface area contributed by atoms with Crippen LogP contribution in [0.4, 0.5) is 0 Å². The molecule has 0 amide bonds. The van der Waals surface area contributed by atoms with Gasteiger partial charge < -0.3 is 4.74 Å². The summed E-state index contributed by atoms with van der Waals surface area (Å²) in [5.74, 6) is 0.297. The van der Waals surface area contributed by atoms with Crippen LogP contribution in [-0.4, -0.2) is 11.0 Å². The molecule has 0 fully saturated rings. The van der Waals surface area contributed by atoms with Crippen LogP contribution in [0.5, 0.6) is 5.75 Å². The third-order valence-electron chi connectivity index (χ3n) is 3.66. The van der Waals surface area contributed by atoms with Gasteiger partial charge in [-0.3, -0.25) is 4.79 Å². The van der Waals surface area contributed by atoms with Crippen molar-refractivity contribution in [3.63, 3.8) is 0 Å². The summed E-state index contributed by atoms with van der Waals surface area (Å²) in [5.41, 5.74) is 3.68. The van der Waals surface area contributed by atoms with Gasteiger partial charge in [-0.15, -0.1) is 0 Å². The van der Waals surface area contributed by atoms with Crippen LogP contribution in [0.25, 0.3) is 22.2 Å². The summed E-state index contributed by atoms with van der Waals surface area (Å²) in [6, 6.07) is 17.8. The average molecular weight is 305 g/mol. The average Bonchev–Trinajstić information content (AvgIpc) is 2.55. The minimum Gasteiger partial charge on any atom is -0.424 e. The van der Waals surface area contributed by atoms with Crippen molar-refractivity contribution in [2.24, 2.45) is 0 Å². The smallest absolute Gasteiger partial charge is 0.311 e. The molecule has 0 aliphatic heterocycles. The zero-order valence-corrected chi connectivity index (χ0v) is 13.4. The molecule has 0 radical (unpaired) electrons. The number of nitrogens with zero attached hydrogens (tertiary/aromatic N) is 1. The van der Waals surface area contributed by atoms with Gasteiger partial charge in [0.25, 0.3) is 0 Å². The van der Waals surface area contributed by atoms with Crippen molar-refractivity contribution in [2.75, 3.05) is 0 Å². The van der Waals surface area contributed by atoms with Crippen molar-refractivity contribution in [3.8, 4) is 17.0 Å². The van der Waals surface area contributed by atoms with E-state index in [0.29, 0.717) is 17.9 Å². The largest absolute Gasteiger partial charge is 0.424 e. The summed E-state index contributed by atoms with van der Waals surface area (Å²) >= 11 is 0.